The number of nitrogens with two attached hydrogens (primary N) is 1. The van der Waals surface area contributed by atoms with Gasteiger partial charge in [-0.2, -0.15) is 0 Å². The van der Waals surface area contributed by atoms with Crippen molar-refractivity contribution in [3.05, 3.63) is 41.9 Å². The maximum absolute atomic E-state index is 11.5. The number of rotatable bonds is 4. The quantitative estimate of drug-likeness (QED) is 0.841. The number of aromatic nitrogens is 2. The molecule has 0 unspecified atom stereocenters. The number of hydrogen-bond donors (Lipinski definition) is 1. The Bertz CT molecular complexity index is 593. The third-order valence-corrected chi connectivity index (χ3v) is 2.68. The Morgan fingerprint density at radius 3 is 2.89 bits per heavy atom. The molecule has 100 valence electrons. The highest BCUT2D eigenvalue weighted by Gasteiger charge is 2.16. The predicted octanol–water partition coefficient (Wildman–Crippen LogP) is 1.39. The molecule has 0 atom stereocenters. The van der Waals surface area contributed by atoms with E-state index in [1.165, 1.54) is 13.4 Å². The van der Waals surface area contributed by atoms with Gasteiger partial charge in [-0.25, -0.2) is 9.78 Å². The van der Waals surface area contributed by atoms with Gasteiger partial charge in [0, 0.05) is 12.8 Å². The van der Waals surface area contributed by atoms with Crippen LogP contribution in [0.2, 0.25) is 0 Å². The fourth-order valence-electron chi connectivity index (χ4n) is 1.78. The van der Waals surface area contributed by atoms with E-state index in [-0.39, 0.29) is 11.5 Å². The van der Waals surface area contributed by atoms with Gasteiger partial charge in [0.25, 0.3) is 0 Å². The second-order valence-corrected chi connectivity index (χ2v) is 3.94. The molecule has 19 heavy (non-hydrogen) atoms. The van der Waals surface area contributed by atoms with E-state index in [0.717, 1.165) is 11.3 Å². The van der Waals surface area contributed by atoms with Gasteiger partial charge < -0.3 is 15.2 Å². The first kappa shape index (κ1) is 13.1. The van der Waals surface area contributed by atoms with Crippen molar-refractivity contribution < 1.29 is 14.3 Å². The minimum Gasteiger partial charge on any atom is -0.464 e. The van der Waals surface area contributed by atoms with Gasteiger partial charge in [-0.1, -0.05) is 12.1 Å². The average Bonchev–Trinajstić information content (AvgIpc) is 2.80. The van der Waals surface area contributed by atoms with Crippen molar-refractivity contribution in [1.29, 1.82) is 0 Å². The second-order valence-electron chi connectivity index (χ2n) is 3.94. The number of benzene rings is 1. The molecule has 2 aromatic rings. The van der Waals surface area contributed by atoms with E-state index in [9.17, 15) is 4.79 Å². The van der Waals surface area contributed by atoms with E-state index in [0.29, 0.717) is 6.61 Å². The molecule has 1 heterocycles. The maximum atomic E-state index is 11.5. The van der Waals surface area contributed by atoms with Crippen LogP contribution in [0.25, 0.3) is 5.69 Å². The average molecular weight is 261 g/mol. The summed E-state index contributed by atoms with van der Waals surface area (Å²) in [4.78, 5) is 15.4. The normalized spacial score (nSPS) is 10.4. The minimum atomic E-state index is -0.552. The summed E-state index contributed by atoms with van der Waals surface area (Å²) in [6.45, 7) is 0.506. The fraction of sp³-hybridized carbons (Fsp3) is 0.231. The molecule has 0 aliphatic heterocycles. The largest absolute Gasteiger partial charge is 0.464 e. The van der Waals surface area contributed by atoms with Crippen LogP contribution in [0, 0.1) is 0 Å². The van der Waals surface area contributed by atoms with E-state index in [4.69, 9.17) is 10.5 Å². The highest BCUT2D eigenvalue weighted by molar-refractivity contribution is 5.92. The number of esters is 1. The van der Waals surface area contributed by atoms with Crippen molar-refractivity contribution in [3.8, 4) is 5.69 Å². The molecule has 0 amide bonds. The van der Waals surface area contributed by atoms with Crippen LogP contribution in [0.1, 0.15) is 16.1 Å². The SMILES string of the molecule is COCc1cccc(-n2cnc(C(=O)OC)c2N)c1. The molecule has 0 aliphatic carbocycles. The monoisotopic (exact) mass is 261 g/mol. The predicted molar refractivity (Wildman–Crippen MR) is 70.0 cm³/mol. The van der Waals surface area contributed by atoms with Crippen LogP contribution in [0.4, 0.5) is 5.82 Å². The third-order valence-electron chi connectivity index (χ3n) is 2.68. The van der Waals surface area contributed by atoms with Crippen LogP contribution in [0.5, 0.6) is 0 Å². The van der Waals surface area contributed by atoms with Crippen molar-refractivity contribution in [3.63, 3.8) is 0 Å². The van der Waals surface area contributed by atoms with Crippen molar-refractivity contribution in [2.75, 3.05) is 20.0 Å². The first-order chi connectivity index (χ1) is 9.17. The Kier molecular flexibility index (Phi) is 3.82. The van der Waals surface area contributed by atoms with Gasteiger partial charge >= 0.3 is 5.97 Å². The zero-order valence-electron chi connectivity index (χ0n) is 10.8. The molecule has 0 bridgehead atoms. The number of nitrogens with zero attached hydrogens (tertiary/aromatic N) is 2. The zero-order valence-corrected chi connectivity index (χ0v) is 10.8. The Hall–Kier alpha value is -2.34. The van der Waals surface area contributed by atoms with E-state index in [1.807, 2.05) is 24.3 Å². The molecule has 0 saturated carbocycles. The number of carbonyl (C=O) groups excluding carboxylic acids is 1. The lowest BCUT2D eigenvalue weighted by atomic mass is 10.2. The van der Waals surface area contributed by atoms with Crippen LogP contribution in [0.15, 0.2) is 30.6 Å². The standard InChI is InChI=1S/C13H15N3O3/c1-18-7-9-4-3-5-10(6-9)16-8-15-11(12(16)14)13(17)19-2/h3-6,8H,7,14H2,1-2H3. The Labute approximate surface area is 110 Å². The topological polar surface area (TPSA) is 79.4 Å². The van der Waals surface area contributed by atoms with Crippen LogP contribution in [0.3, 0.4) is 0 Å². The molecule has 1 aromatic heterocycles. The Morgan fingerprint density at radius 2 is 2.21 bits per heavy atom. The van der Waals surface area contributed by atoms with E-state index >= 15 is 0 Å². The van der Waals surface area contributed by atoms with Crippen LogP contribution in [-0.4, -0.2) is 29.7 Å². The Morgan fingerprint density at radius 1 is 1.42 bits per heavy atom. The number of anilines is 1. The lowest BCUT2D eigenvalue weighted by Crippen LogP contribution is -2.07. The molecule has 2 N–H and O–H groups in total. The molecular weight excluding hydrogens is 246 g/mol. The summed E-state index contributed by atoms with van der Waals surface area (Å²) in [5.74, 6) is -0.300. The third kappa shape index (κ3) is 2.58. The molecule has 0 spiro atoms. The summed E-state index contributed by atoms with van der Waals surface area (Å²) < 4.78 is 11.3. The molecule has 0 aliphatic rings. The zero-order chi connectivity index (χ0) is 13.8. The molecule has 6 heteroatoms. The molecular formula is C13H15N3O3. The number of carbonyl (C=O) groups is 1. The van der Waals surface area contributed by atoms with Crippen molar-refractivity contribution in [1.82, 2.24) is 9.55 Å². The molecule has 0 saturated heterocycles. The molecule has 2 rings (SSSR count). The van der Waals surface area contributed by atoms with Gasteiger partial charge in [0.2, 0.25) is 0 Å². The molecule has 0 fully saturated rings. The summed E-state index contributed by atoms with van der Waals surface area (Å²) in [6, 6.07) is 7.63. The fourth-order valence-corrected chi connectivity index (χ4v) is 1.78. The summed E-state index contributed by atoms with van der Waals surface area (Å²) in [5.41, 5.74) is 7.84. The number of methoxy groups -OCH3 is 2. The Balaban J connectivity index is 2.39. The molecule has 1 aromatic carbocycles. The maximum Gasteiger partial charge on any atom is 0.360 e. The van der Waals surface area contributed by atoms with Gasteiger partial charge in [-0.15, -0.1) is 0 Å². The van der Waals surface area contributed by atoms with Crippen LogP contribution >= 0.6 is 0 Å². The number of ether oxygens (including phenoxy) is 2. The highest BCUT2D eigenvalue weighted by Crippen LogP contribution is 2.19. The van der Waals surface area contributed by atoms with E-state index in [2.05, 4.69) is 9.72 Å². The van der Waals surface area contributed by atoms with Gasteiger partial charge in [0.05, 0.1) is 13.7 Å². The van der Waals surface area contributed by atoms with Crippen molar-refractivity contribution >= 4 is 11.8 Å². The second kappa shape index (κ2) is 5.53. The molecule has 0 radical (unpaired) electrons. The summed E-state index contributed by atoms with van der Waals surface area (Å²) in [7, 11) is 2.92. The summed E-state index contributed by atoms with van der Waals surface area (Å²) >= 11 is 0. The first-order valence-electron chi connectivity index (χ1n) is 5.66. The van der Waals surface area contributed by atoms with Crippen LogP contribution in [-0.2, 0) is 16.1 Å². The van der Waals surface area contributed by atoms with Crippen molar-refractivity contribution in [2.45, 2.75) is 6.61 Å². The first-order valence-corrected chi connectivity index (χ1v) is 5.66. The van der Waals surface area contributed by atoms with E-state index in [1.54, 1.807) is 11.7 Å². The smallest absolute Gasteiger partial charge is 0.360 e. The van der Waals surface area contributed by atoms with Gasteiger partial charge in [0.1, 0.15) is 12.1 Å². The number of imidazole rings is 1. The van der Waals surface area contributed by atoms with Crippen molar-refractivity contribution in [2.24, 2.45) is 0 Å². The number of hydrogen-bond acceptors (Lipinski definition) is 5. The summed E-state index contributed by atoms with van der Waals surface area (Å²) in [6.07, 6.45) is 1.49. The van der Waals surface area contributed by atoms with Gasteiger partial charge in [0.15, 0.2) is 5.69 Å². The van der Waals surface area contributed by atoms with Gasteiger partial charge in [-0.3, -0.25) is 4.57 Å². The molecule has 6 nitrogen and oxygen atoms in total. The number of nitrogen functional groups attached to an aromatic ring is 1. The van der Waals surface area contributed by atoms with Crippen LogP contribution < -0.4 is 5.73 Å². The lowest BCUT2D eigenvalue weighted by Gasteiger charge is -2.07. The van der Waals surface area contributed by atoms with E-state index < -0.39 is 5.97 Å². The lowest BCUT2D eigenvalue weighted by molar-refractivity contribution is 0.0596. The highest BCUT2D eigenvalue weighted by atomic mass is 16.5. The minimum absolute atomic E-state index is 0.111. The van der Waals surface area contributed by atoms with Gasteiger partial charge in [-0.05, 0) is 17.7 Å². The summed E-state index contributed by atoms with van der Waals surface area (Å²) in [5, 5.41) is 0.